The van der Waals surface area contributed by atoms with Crippen LogP contribution in [0.15, 0.2) is 17.5 Å². The topological polar surface area (TPSA) is 26.3 Å². The number of rotatable bonds is 6. The summed E-state index contributed by atoms with van der Waals surface area (Å²) in [6.07, 6.45) is 2.05. The van der Waals surface area contributed by atoms with Gasteiger partial charge in [-0.25, -0.2) is 0 Å². The van der Waals surface area contributed by atoms with Gasteiger partial charge >= 0.3 is 0 Å². The van der Waals surface area contributed by atoms with Gasteiger partial charge in [0.2, 0.25) is 0 Å². The Morgan fingerprint density at radius 2 is 2.46 bits per heavy atom. The number of Topliss-reactive ketones (excluding diaryl/α,β-unsaturated/α-hetero) is 1. The largest absolute Gasteiger partial charge is 0.385 e. The molecule has 1 heterocycles. The fraction of sp³-hybridized carbons (Fsp3) is 0.500. The molecule has 1 aromatic rings. The van der Waals surface area contributed by atoms with Crippen LogP contribution < -0.4 is 0 Å². The van der Waals surface area contributed by atoms with Gasteiger partial charge in [-0.3, -0.25) is 4.79 Å². The molecule has 0 aliphatic rings. The lowest BCUT2D eigenvalue weighted by Crippen LogP contribution is -2.02. The van der Waals surface area contributed by atoms with E-state index in [-0.39, 0.29) is 0 Å². The van der Waals surface area contributed by atoms with Gasteiger partial charge in [-0.15, -0.1) is 11.3 Å². The van der Waals surface area contributed by atoms with E-state index in [0.717, 1.165) is 11.3 Å². The van der Waals surface area contributed by atoms with E-state index in [4.69, 9.17) is 4.74 Å². The Kier molecular flexibility index (Phi) is 4.72. The second kappa shape index (κ2) is 5.89. The van der Waals surface area contributed by atoms with E-state index < -0.39 is 0 Å². The molecule has 1 rings (SSSR count). The summed E-state index contributed by atoms with van der Waals surface area (Å²) in [6, 6.07) is 3.97. The monoisotopic (exact) mass is 198 g/mol. The van der Waals surface area contributed by atoms with Crippen LogP contribution in [0.5, 0.6) is 0 Å². The maximum absolute atomic E-state index is 11.3. The quantitative estimate of drug-likeness (QED) is 0.655. The summed E-state index contributed by atoms with van der Waals surface area (Å²) < 4.78 is 4.88. The van der Waals surface area contributed by atoms with Crippen LogP contribution in [0.4, 0.5) is 0 Å². The van der Waals surface area contributed by atoms with Crippen molar-refractivity contribution in [2.75, 3.05) is 13.7 Å². The summed E-state index contributed by atoms with van der Waals surface area (Å²) in [7, 11) is 1.66. The molecule has 1 aromatic heterocycles. The molecule has 0 aliphatic heterocycles. The van der Waals surface area contributed by atoms with Gasteiger partial charge < -0.3 is 4.74 Å². The van der Waals surface area contributed by atoms with Crippen LogP contribution in [0, 0.1) is 0 Å². The van der Waals surface area contributed by atoms with Crippen LogP contribution in [-0.2, 0) is 16.0 Å². The fourth-order valence-corrected chi connectivity index (χ4v) is 1.84. The molecular formula is C10H14O2S. The minimum Gasteiger partial charge on any atom is -0.385 e. The van der Waals surface area contributed by atoms with Crippen LogP contribution >= 0.6 is 11.3 Å². The first-order chi connectivity index (χ1) is 6.33. The smallest absolute Gasteiger partial charge is 0.138 e. The minimum absolute atomic E-state index is 0.305. The molecule has 0 atom stereocenters. The van der Waals surface area contributed by atoms with Crippen LogP contribution in [0.1, 0.15) is 17.7 Å². The van der Waals surface area contributed by atoms with Crippen molar-refractivity contribution in [3.8, 4) is 0 Å². The molecular weight excluding hydrogens is 184 g/mol. The number of hydrogen-bond acceptors (Lipinski definition) is 3. The highest BCUT2D eigenvalue weighted by Gasteiger charge is 2.03. The lowest BCUT2D eigenvalue weighted by atomic mass is 10.1. The third-order valence-electron chi connectivity index (χ3n) is 1.76. The van der Waals surface area contributed by atoms with Crippen molar-refractivity contribution in [3.05, 3.63) is 22.4 Å². The number of thiophene rings is 1. The van der Waals surface area contributed by atoms with Gasteiger partial charge in [0.05, 0.1) is 0 Å². The molecule has 0 saturated heterocycles. The summed E-state index contributed by atoms with van der Waals surface area (Å²) in [6.45, 7) is 0.677. The third-order valence-corrected chi connectivity index (χ3v) is 2.63. The Bertz CT molecular complexity index is 241. The first kappa shape index (κ1) is 10.4. The number of ketones is 1. The summed E-state index contributed by atoms with van der Waals surface area (Å²) >= 11 is 1.64. The maximum atomic E-state index is 11.3. The molecule has 0 bridgehead atoms. The molecule has 0 aliphatic carbocycles. The first-order valence-corrected chi connectivity index (χ1v) is 5.24. The second-order valence-electron chi connectivity index (χ2n) is 2.89. The minimum atomic E-state index is 0.305. The van der Waals surface area contributed by atoms with Crippen molar-refractivity contribution in [2.24, 2.45) is 0 Å². The van der Waals surface area contributed by atoms with Crippen molar-refractivity contribution < 1.29 is 9.53 Å². The normalized spacial score (nSPS) is 10.2. The molecule has 0 spiro atoms. The van der Waals surface area contributed by atoms with E-state index in [9.17, 15) is 4.79 Å². The molecule has 3 heteroatoms. The molecule has 0 unspecified atom stereocenters. The molecule has 0 saturated carbocycles. The van der Waals surface area contributed by atoms with Crippen LogP contribution in [0.3, 0.4) is 0 Å². The molecule has 0 N–H and O–H groups in total. The van der Waals surface area contributed by atoms with E-state index in [2.05, 4.69) is 0 Å². The summed E-state index contributed by atoms with van der Waals surface area (Å²) in [5.74, 6) is 0.305. The fourth-order valence-electron chi connectivity index (χ4n) is 1.11. The Morgan fingerprint density at radius 1 is 1.62 bits per heavy atom. The van der Waals surface area contributed by atoms with Crippen molar-refractivity contribution in [3.63, 3.8) is 0 Å². The zero-order chi connectivity index (χ0) is 9.52. The third kappa shape index (κ3) is 4.20. The van der Waals surface area contributed by atoms with Gasteiger partial charge in [0, 0.05) is 31.4 Å². The lowest BCUT2D eigenvalue weighted by molar-refractivity contribution is -0.118. The molecule has 0 aromatic carbocycles. The van der Waals surface area contributed by atoms with Crippen molar-refractivity contribution >= 4 is 17.1 Å². The second-order valence-corrected chi connectivity index (χ2v) is 3.92. The Hall–Kier alpha value is -0.670. The standard InChI is InChI=1S/C10H14O2S/c1-12-6-2-4-9(11)8-10-5-3-7-13-10/h3,5,7H,2,4,6,8H2,1H3. The van der Waals surface area contributed by atoms with Gasteiger partial charge in [0.15, 0.2) is 0 Å². The first-order valence-electron chi connectivity index (χ1n) is 4.36. The average molecular weight is 198 g/mol. The molecule has 0 amide bonds. The van der Waals surface area contributed by atoms with E-state index in [0.29, 0.717) is 25.2 Å². The summed E-state index contributed by atoms with van der Waals surface area (Å²) in [4.78, 5) is 12.5. The summed E-state index contributed by atoms with van der Waals surface area (Å²) in [5.41, 5.74) is 0. The van der Waals surface area contributed by atoms with Gasteiger partial charge in [-0.2, -0.15) is 0 Å². The van der Waals surface area contributed by atoms with Crippen molar-refractivity contribution in [2.45, 2.75) is 19.3 Å². The molecule has 0 radical (unpaired) electrons. The van der Waals surface area contributed by atoms with E-state index >= 15 is 0 Å². The molecule has 2 nitrogen and oxygen atoms in total. The van der Waals surface area contributed by atoms with Crippen molar-refractivity contribution in [1.29, 1.82) is 0 Å². The van der Waals surface area contributed by atoms with Crippen LogP contribution in [0.25, 0.3) is 0 Å². The number of hydrogen-bond donors (Lipinski definition) is 0. The highest BCUT2D eigenvalue weighted by atomic mass is 32.1. The van der Waals surface area contributed by atoms with E-state index in [1.807, 2.05) is 17.5 Å². The maximum Gasteiger partial charge on any atom is 0.138 e. The zero-order valence-electron chi connectivity index (χ0n) is 7.79. The van der Waals surface area contributed by atoms with Crippen LogP contribution in [-0.4, -0.2) is 19.5 Å². The lowest BCUT2D eigenvalue weighted by Gasteiger charge is -1.98. The van der Waals surface area contributed by atoms with Crippen molar-refractivity contribution in [1.82, 2.24) is 0 Å². The predicted octanol–water partition coefficient (Wildman–Crippen LogP) is 2.29. The highest BCUT2D eigenvalue weighted by molar-refractivity contribution is 7.10. The zero-order valence-corrected chi connectivity index (χ0v) is 8.60. The number of methoxy groups -OCH3 is 1. The molecule has 13 heavy (non-hydrogen) atoms. The van der Waals surface area contributed by atoms with Crippen LogP contribution in [0.2, 0.25) is 0 Å². The van der Waals surface area contributed by atoms with E-state index in [1.54, 1.807) is 18.4 Å². The number of carbonyl (C=O) groups excluding carboxylic acids is 1. The van der Waals surface area contributed by atoms with Gasteiger partial charge in [0.1, 0.15) is 5.78 Å². The Balaban J connectivity index is 2.18. The SMILES string of the molecule is COCCCC(=O)Cc1cccs1. The van der Waals surface area contributed by atoms with Gasteiger partial charge in [0.25, 0.3) is 0 Å². The number of carbonyl (C=O) groups is 1. The predicted molar refractivity (Wildman–Crippen MR) is 54.1 cm³/mol. The average Bonchev–Trinajstić information content (AvgIpc) is 2.57. The van der Waals surface area contributed by atoms with Gasteiger partial charge in [-0.1, -0.05) is 6.07 Å². The summed E-state index contributed by atoms with van der Waals surface area (Å²) in [5, 5.41) is 2.00. The van der Waals surface area contributed by atoms with E-state index in [1.165, 1.54) is 0 Å². The number of ether oxygens (including phenoxy) is 1. The molecule has 0 fully saturated rings. The highest BCUT2D eigenvalue weighted by Crippen LogP contribution is 2.10. The van der Waals surface area contributed by atoms with Gasteiger partial charge in [-0.05, 0) is 17.9 Å². The molecule has 72 valence electrons. The Labute approximate surface area is 82.5 Å². The Morgan fingerprint density at radius 3 is 3.08 bits per heavy atom.